The lowest BCUT2D eigenvalue weighted by Crippen LogP contribution is -1.93. The second-order valence-corrected chi connectivity index (χ2v) is 2.17. The molecule has 0 saturated carbocycles. The molecule has 0 N–H and O–H groups in total. The fourth-order valence-corrected chi connectivity index (χ4v) is 0.539. The molecule has 0 aromatic heterocycles. The molecule has 0 heterocycles. The third-order valence-corrected chi connectivity index (χ3v) is 0.715. The molecule has 0 fully saturated rings. The van der Waals surface area contributed by atoms with Gasteiger partial charge in [-0.3, -0.25) is 4.52 Å². The Kier molecular flexibility index (Phi) is 9.65. The van der Waals surface area contributed by atoms with Gasteiger partial charge in [-0.15, -0.1) is 0 Å². The molecule has 0 aliphatic heterocycles. The summed E-state index contributed by atoms with van der Waals surface area (Å²) in [7, 11) is -0.210. The zero-order chi connectivity index (χ0) is 5.70. The second kappa shape index (κ2) is 7.06. The van der Waals surface area contributed by atoms with Crippen molar-refractivity contribution in [1.29, 1.82) is 0 Å². The van der Waals surface area contributed by atoms with Crippen LogP contribution < -0.4 is 0 Å². The van der Waals surface area contributed by atoms with Crippen molar-refractivity contribution in [3.8, 4) is 0 Å². The first-order valence-electron chi connectivity index (χ1n) is 2.22. The van der Waals surface area contributed by atoms with Crippen molar-refractivity contribution in [2.24, 2.45) is 5.92 Å². The van der Waals surface area contributed by atoms with Crippen molar-refractivity contribution >= 4 is 8.69 Å². The Balaban J connectivity index is 0. The smallest absolute Gasteiger partial charge is 0.294 e. The van der Waals surface area contributed by atoms with Crippen molar-refractivity contribution in [2.45, 2.75) is 21.3 Å². The average Bonchev–Trinajstić information content (AvgIpc) is 1.61. The molecule has 0 radical (unpaired) electrons. The van der Waals surface area contributed by atoms with Crippen molar-refractivity contribution in [3.05, 3.63) is 0 Å². The first-order valence-corrected chi connectivity index (χ1v) is 2.95. The molecule has 0 saturated heterocycles. The van der Waals surface area contributed by atoms with E-state index in [1.165, 1.54) is 0 Å². The predicted molar refractivity (Wildman–Crippen MR) is 35.1 cm³/mol. The van der Waals surface area contributed by atoms with Crippen LogP contribution in [0.5, 0.6) is 0 Å². The van der Waals surface area contributed by atoms with Crippen LogP contribution in [0.2, 0.25) is 0 Å². The molecule has 0 rings (SSSR count). The van der Waals surface area contributed by atoms with Crippen molar-refractivity contribution in [3.63, 3.8) is 0 Å². The van der Waals surface area contributed by atoms with Crippen molar-refractivity contribution in [1.82, 2.24) is 0 Å². The van der Waals surface area contributed by atoms with E-state index < -0.39 is 0 Å². The first-order chi connectivity index (χ1) is 3.27. The van der Waals surface area contributed by atoms with Gasteiger partial charge in [-0.1, -0.05) is 21.3 Å². The van der Waals surface area contributed by atoms with Gasteiger partial charge in [-0.05, 0) is 5.92 Å². The summed E-state index contributed by atoms with van der Waals surface area (Å²) in [6, 6.07) is 0. The highest BCUT2D eigenvalue weighted by Gasteiger charge is 1.89. The van der Waals surface area contributed by atoms with Gasteiger partial charge < -0.3 is 0 Å². The Morgan fingerprint density at radius 1 is 1.62 bits per heavy atom. The van der Waals surface area contributed by atoms with Crippen LogP contribution in [-0.4, -0.2) is 6.61 Å². The summed E-state index contributed by atoms with van der Waals surface area (Å²) in [5, 5.41) is 0. The fraction of sp³-hybridized carbons (Fsp3) is 1.00. The van der Waals surface area contributed by atoms with Crippen LogP contribution in [0, 0.1) is 5.92 Å². The zero-order valence-corrected chi connectivity index (χ0v) is 5.44. The lowest BCUT2D eigenvalue weighted by molar-refractivity contribution is 0.293. The molecule has 0 atom stereocenters. The Hall–Kier alpha value is 0.0600. The van der Waals surface area contributed by atoms with Gasteiger partial charge >= 0.3 is 8.69 Å². The Morgan fingerprint density at radius 3 is 2.25 bits per heavy atom. The maximum Gasteiger partial charge on any atom is 0.327 e. The van der Waals surface area contributed by atoms with Crippen LogP contribution in [0.3, 0.4) is 0 Å². The van der Waals surface area contributed by atoms with E-state index in [2.05, 4.69) is 4.52 Å². The minimum absolute atomic E-state index is 0. The van der Waals surface area contributed by atoms with E-state index >= 15 is 0 Å². The third kappa shape index (κ3) is 9.41. The van der Waals surface area contributed by atoms with Gasteiger partial charge in [0.2, 0.25) is 0 Å². The van der Waals surface area contributed by atoms with Crippen LogP contribution in [0.4, 0.5) is 0 Å². The SMILES string of the molecule is C.CC(C)COP=O. The van der Waals surface area contributed by atoms with Gasteiger partial charge in [-0.25, -0.2) is 4.57 Å². The molecule has 2 nitrogen and oxygen atoms in total. The quantitative estimate of drug-likeness (QED) is 0.557. The topological polar surface area (TPSA) is 26.3 Å². The Labute approximate surface area is 52.5 Å². The van der Waals surface area contributed by atoms with Crippen LogP contribution in [0.15, 0.2) is 0 Å². The molecule has 0 aromatic carbocycles. The van der Waals surface area contributed by atoms with E-state index in [-0.39, 0.29) is 16.1 Å². The van der Waals surface area contributed by atoms with Gasteiger partial charge in [0.25, 0.3) is 0 Å². The lowest BCUT2D eigenvalue weighted by atomic mass is 10.2. The van der Waals surface area contributed by atoms with Gasteiger partial charge in [-0.2, -0.15) is 0 Å². The summed E-state index contributed by atoms with van der Waals surface area (Å²) in [6.07, 6.45) is 0. The molecule has 0 amide bonds. The molecule has 0 bridgehead atoms. The van der Waals surface area contributed by atoms with Crippen molar-refractivity contribution < 1.29 is 9.09 Å². The standard InChI is InChI=1S/C4H9O2P.CH4/c1-4(2)3-6-7-5;/h4H,3H2,1-2H3;1H4. The number of rotatable bonds is 3. The van der Waals surface area contributed by atoms with Gasteiger partial charge in [0, 0.05) is 0 Å². The molecule has 0 aliphatic rings. The highest BCUT2D eigenvalue weighted by molar-refractivity contribution is 7.17. The molecule has 8 heavy (non-hydrogen) atoms. The van der Waals surface area contributed by atoms with Gasteiger partial charge in [0.1, 0.15) is 0 Å². The summed E-state index contributed by atoms with van der Waals surface area (Å²) in [5.74, 6) is 0.474. The molecule has 50 valence electrons. The summed E-state index contributed by atoms with van der Waals surface area (Å²) in [6.45, 7) is 4.58. The van der Waals surface area contributed by atoms with E-state index in [4.69, 9.17) is 0 Å². The highest BCUT2D eigenvalue weighted by Crippen LogP contribution is 1.99. The highest BCUT2D eigenvalue weighted by atomic mass is 31.1. The third-order valence-electron chi connectivity index (χ3n) is 0.461. The van der Waals surface area contributed by atoms with Crippen molar-refractivity contribution in [2.75, 3.05) is 6.61 Å². The van der Waals surface area contributed by atoms with E-state index in [0.29, 0.717) is 12.5 Å². The zero-order valence-electron chi connectivity index (χ0n) is 4.55. The minimum Gasteiger partial charge on any atom is -0.294 e. The van der Waals surface area contributed by atoms with Crippen LogP contribution in [0.25, 0.3) is 0 Å². The number of hydrogen-bond acceptors (Lipinski definition) is 2. The summed E-state index contributed by atoms with van der Waals surface area (Å²) in [4.78, 5) is 0. The average molecular weight is 136 g/mol. The normalized spacial score (nSPS) is 9.38. The number of hydrogen-bond donors (Lipinski definition) is 0. The Morgan fingerprint density at radius 2 is 2.12 bits per heavy atom. The fourth-order valence-electron chi connectivity index (χ4n) is 0.180. The van der Waals surface area contributed by atoms with Crippen LogP contribution in [-0.2, 0) is 9.09 Å². The minimum atomic E-state index is -0.210. The molecule has 0 aromatic rings. The van der Waals surface area contributed by atoms with Crippen LogP contribution in [0.1, 0.15) is 21.3 Å². The maximum absolute atomic E-state index is 9.58. The first kappa shape index (κ1) is 10.9. The van der Waals surface area contributed by atoms with Gasteiger partial charge in [0.15, 0.2) is 0 Å². The molecular formula is C5H13O2P. The lowest BCUT2D eigenvalue weighted by Gasteiger charge is -1.95. The molecule has 0 aliphatic carbocycles. The molecule has 0 spiro atoms. The van der Waals surface area contributed by atoms with E-state index in [1.807, 2.05) is 13.8 Å². The molecule has 3 heteroatoms. The molecule has 0 unspecified atom stereocenters. The largest absolute Gasteiger partial charge is 0.327 e. The van der Waals surface area contributed by atoms with Crippen LogP contribution >= 0.6 is 8.69 Å². The van der Waals surface area contributed by atoms with E-state index in [9.17, 15) is 4.57 Å². The second-order valence-electron chi connectivity index (χ2n) is 1.76. The summed E-state index contributed by atoms with van der Waals surface area (Å²) >= 11 is 0. The maximum atomic E-state index is 9.58. The van der Waals surface area contributed by atoms with E-state index in [0.717, 1.165) is 0 Å². The predicted octanol–water partition coefficient (Wildman–Crippen LogP) is 2.50. The summed E-state index contributed by atoms with van der Waals surface area (Å²) in [5.41, 5.74) is 0. The monoisotopic (exact) mass is 136 g/mol. The summed E-state index contributed by atoms with van der Waals surface area (Å²) < 4.78 is 14.1. The van der Waals surface area contributed by atoms with E-state index in [1.54, 1.807) is 0 Å². The Bertz CT molecular complexity index is 54.4. The molecular weight excluding hydrogens is 123 g/mol. The van der Waals surface area contributed by atoms with Gasteiger partial charge in [0.05, 0.1) is 6.61 Å².